The fraction of sp³-hybridized carbons (Fsp3) is 0.0588. The number of hydrogen-bond acceptors (Lipinski definition) is 10. The lowest BCUT2D eigenvalue weighted by atomic mass is 10.3. The number of thiazole rings is 1. The van der Waals surface area contributed by atoms with Gasteiger partial charge in [0, 0.05) is 0 Å². The van der Waals surface area contributed by atoms with Gasteiger partial charge in [-0.05, 0) is 43.3 Å². The maximum atomic E-state index is 11.5. The maximum absolute atomic E-state index is 11.5. The van der Waals surface area contributed by atoms with Crippen molar-refractivity contribution in [1.29, 1.82) is 0 Å². The molecule has 32 heavy (non-hydrogen) atoms. The van der Waals surface area contributed by atoms with E-state index in [-0.39, 0.29) is 31.1 Å². The predicted octanol–water partition coefficient (Wildman–Crippen LogP) is 3.28. The van der Waals surface area contributed by atoms with Gasteiger partial charge in [-0.3, -0.25) is 9.11 Å². The number of azo groups is 1. The minimum atomic E-state index is -4.42. The lowest BCUT2D eigenvalue weighted by molar-refractivity contribution is 0.481. The van der Waals surface area contributed by atoms with Crippen molar-refractivity contribution in [2.75, 3.05) is 5.73 Å². The third-order valence-electron chi connectivity index (χ3n) is 4.32. The summed E-state index contributed by atoms with van der Waals surface area (Å²) in [5.74, 6) is 0.116. The average Bonchev–Trinajstić information content (AvgIpc) is 3.25. The van der Waals surface area contributed by atoms with Crippen molar-refractivity contribution >= 4 is 58.4 Å². The lowest BCUT2D eigenvalue weighted by Gasteiger charge is -2.04. The summed E-state index contributed by atoms with van der Waals surface area (Å²) in [5, 5.41) is 12.5. The van der Waals surface area contributed by atoms with E-state index >= 15 is 0 Å². The summed E-state index contributed by atoms with van der Waals surface area (Å²) in [5.41, 5.74) is 7.55. The quantitative estimate of drug-likeness (QED) is 0.276. The van der Waals surface area contributed by atoms with Gasteiger partial charge in [0.2, 0.25) is 5.13 Å². The second-order valence-corrected chi connectivity index (χ2v) is 10.3. The Morgan fingerprint density at radius 2 is 1.69 bits per heavy atom. The molecule has 4 aromatic rings. The number of nitrogens with zero attached hydrogens (tertiary/aromatic N) is 5. The highest BCUT2D eigenvalue weighted by atomic mass is 32.2. The van der Waals surface area contributed by atoms with Crippen LogP contribution in [0.3, 0.4) is 0 Å². The molecule has 0 bridgehead atoms. The average molecular weight is 495 g/mol. The summed E-state index contributed by atoms with van der Waals surface area (Å²) >= 11 is 0.930. The van der Waals surface area contributed by atoms with Crippen LogP contribution < -0.4 is 5.73 Å². The van der Waals surface area contributed by atoms with Gasteiger partial charge < -0.3 is 5.73 Å². The molecule has 0 fully saturated rings. The SMILES string of the molecule is Cc1nn(-c2ccc(S(=O)(=O)O)cc2)c(N)c1N=Nc1nc2cccc(S(=O)(=O)O)c2s1. The van der Waals surface area contributed by atoms with E-state index in [1.807, 2.05) is 0 Å². The molecule has 0 saturated carbocycles. The van der Waals surface area contributed by atoms with Gasteiger partial charge >= 0.3 is 0 Å². The summed E-state index contributed by atoms with van der Waals surface area (Å²) in [6.45, 7) is 1.64. The summed E-state index contributed by atoms with van der Waals surface area (Å²) in [7, 11) is -8.76. The monoisotopic (exact) mass is 494 g/mol. The molecule has 2 heterocycles. The van der Waals surface area contributed by atoms with Gasteiger partial charge in [-0.2, -0.15) is 21.9 Å². The normalized spacial score (nSPS) is 12.7. The van der Waals surface area contributed by atoms with Crippen LogP contribution in [0.25, 0.3) is 15.9 Å². The third kappa shape index (κ3) is 4.11. The van der Waals surface area contributed by atoms with Crippen LogP contribution in [0.5, 0.6) is 0 Å². The van der Waals surface area contributed by atoms with E-state index in [2.05, 4.69) is 20.3 Å². The Balaban J connectivity index is 1.70. The Bertz CT molecular complexity index is 1590. The number of aromatic nitrogens is 3. The molecular weight excluding hydrogens is 480 g/mol. The molecule has 0 aliphatic rings. The van der Waals surface area contributed by atoms with Crippen molar-refractivity contribution < 1.29 is 25.9 Å². The number of anilines is 1. The van der Waals surface area contributed by atoms with E-state index in [9.17, 15) is 21.4 Å². The molecule has 0 spiro atoms. The van der Waals surface area contributed by atoms with E-state index in [1.165, 1.54) is 41.1 Å². The first kappa shape index (κ1) is 22.0. The molecule has 0 unspecified atom stereocenters. The minimum Gasteiger partial charge on any atom is -0.382 e. The van der Waals surface area contributed by atoms with E-state index < -0.39 is 20.2 Å². The molecule has 0 aliphatic heterocycles. The van der Waals surface area contributed by atoms with E-state index in [1.54, 1.807) is 13.0 Å². The number of nitrogens with two attached hydrogens (primary N) is 1. The van der Waals surface area contributed by atoms with Crippen LogP contribution in [0.4, 0.5) is 16.6 Å². The predicted molar refractivity (Wildman–Crippen MR) is 116 cm³/mol. The summed E-state index contributed by atoms with van der Waals surface area (Å²) in [6.07, 6.45) is 0. The van der Waals surface area contributed by atoms with Crippen molar-refractivity contribution in [2.45, 2.75) is 16.7 Å². The number of hydrogen-bond donors (Lipinski definition) is 3. The van der Waals surface area contributed by atoms with E-state index in [0.717, 1.165) is 11.3 Å². The number of nitrogen functional groups attached to an aromatic ring is 1. The van der Waals surface area contributed by atoms with Gasteiger partial charge in [0.15, 0.2) is 11.5 Å². The van der Waals surface area contributed by atoms with Crippen molar-refractivity contribution in [3.8, 4) is 5.69 Å². The van der Waals surface area contributed by atoms with E-state index in [4.69, 9.17) is 10.3 Å². The molecule has 2 aromatic heterocycles. The van der Waals surface area contributed by atoms with Crippen LogP contribution in [0.2, 0.25) is 0 Å². The molecule has 0 atom stereocenters. The summed E-state index contributed by atoms with van der Waals surface area (Å²) in [4.78, 5) is 3.65. The number of rotatable bonds is 5. The molecule has 166 valence electrons. The van der Waals surface area contributed by atoms with Gasteiger partial charge in [-0.25, -0.2) is 9.67 Å². The zero-order valence-electron chi connectivity index (χ0n) is 16.1. The van der Waals surface area contributed by atoms with Crippen LogP contribution in [0, 0.1) is 6.92 Å². The van der Waals surface area contributed by atoms with Crippen LogP contribution in [0.15, 0.2) is 62.5 Å². The molecule has 0 aliphatic carbocycles. The number of benzene rings is 2. The van der Waals surface area contributed by atoms with Crippen LogP contribution in [-0.4, -0.2) is 40.7 Å². The maximum Gasteiger partial charge on any atom is 0.296 e. The van der Waals surface area contributed by atoms with E-state index in [0.29, 0.717) is 16.9 Å². The largest absolute Gasteiger partial charge is 0.382 e. The third-order valence-corrected chi connectivity index (χ3v) is 7.21. The summed E-state index contributed by atoms with van der Waals surface area (Å²) < 4.78 is 65.5. The molecule has 4 rings (SSSR count). The Kier molecular flexibility index (Phi) is 5.30. The van der Waals surface area contributed by atoms with Gasteiger partial charge in [0.05, 0.1) is 26.5 Å². The molecule has 15 heteroatoms. The Morgan fingerprint density at radius 3 is 2.31 bits per heavy atom. The van der Waals surface area contributed by atoms with Crippen molar-refractivity contribution in [3.05, 3.63) is 48.2 Å². The Labute approximate surface area is 185 Å². The molecule has 4 N–H and O–H groups in total. The van der Waals surface area contributed by atoms with Crippen LogP contribution in [0.1, 0.15) is 5.69 Å². The van der Waals surface area contributed by atoms with Crippen LogP contribution in [-0.2, 0) is 20.2 Å². The smallest absolute Gasteiger partial charge is 0.296 e. The van der Waals surface area contributed by atoms with Gasteiger partial charge in [-0.15, -0.1) is 10.2 Å². The van der Waals surface area contributed by atoms with Crippen molar-refractivity contribution in [2.24, 2.45) is 10.2 Å². The van der Waals surface area contributed by atoms with Crippen molar-refractivity contribution in [3.63, 3.8) is 0 Å². The highest BCUT2D eigenvalue weighted by Crippen LogP contribution is 2.35. The fourth-order valence-electron chi connectivity index (χ4n) is 2.87. The highest BCUT2D eigenvalue weighted by molar-refractivity contribution is 7.86. The topological polar surface area (TPSA) is 190 Å². The second-order valence-electron chi connectivity index (χ2n) is 6.48. The summed E-state index contributed by atoms with van der Waals surface area (Å²) in [6, 6.07) is 9.52. The zero-order chi connectivity index (χ0) is 23.3. The molecule has 0 radical (unpaired) electrons. The molecule has 12 nitrogen and oxygen atoms in total. The lowest BCUT2D eigenvalue weighted by Crippen LogP contribution is -2.03. The van der Waals surface area contributed by atoms with Crippen LogP contribution >= 0.6 is 11.3 Å². The van der Waals surface area contributed by atoms with Gasteiger partial charge in [0.25, 0.3) is 20.2 Å². The van der Waals surface area contributed by atoms with Gasteiger partial charge in [-0.1, -0.05) is 17.4 Å². The fourth-order valence-corrected chi connectivity index (χ4v) is 5.17. The second kappa shape index (κ2) is 7.72. The molecular formula is C17H14N6O6S3. The Hall–Kier alpha value is -3.24. The molecule has 0 saturated heterocycles. The number of fused-ring (bicyclic) bond motifs is 1. The number of aryl methyl sites for hydroxylation is 1. The minimum absolute atomic E-state index is 0.116. The van der Waals surface area contributed by atoms with Gasteiger partial charge in [0.1, 0.15) is 4.90 Å². The highest BCUT2D eigenvalue weighted by Gasteiger charge is 2.18. The molecule has 0 amide bonds. The standard InChI is InChI=1S/C17H14N6O6S3/c1-9-14(16(18)23(22-9)10-5-7-11(8-6-10)31(24,25)26)20-21-17-19-12-3-2-4-13(15(12)30-17)32(27,28)29/h2-8H,18H2,1H3,(H,24,25,26)(H,27,28,29). The zero-order valence-corrected chi connectivity index (χ0v) is 18.6. The first-order valence-electron chi connectivity index (χ1n) is 8.67. The molecule has 2 aromatic carbocycles. The Morgan fingerprint density at radius 1 is 1.00 bits per heavy atom. The first-order valence-corrected chi connectivity index (χ1v) is 12.4. The first-order chi connectivity index (χ1) is 14.9. The van der Waals surface area contributed by atoms with Crippen molar-refractivity contribution in [1.82, 2.24) is 14.8 Å².